The normalized spacial score (nSPS) is 14.0. The van der Waals surface area contributed by atoms with Crippen LogP contribution in [0.25, 0.3) is 10.6 Å². The van der Waals surface area contributed by atoms with Crippen LogP contribution >= 0.6 is 11.3 Å². The van der Waals surface area contributed by atoms with Crippen molar-refractivity contribution in [3.05, 3.63) is 40.4 Å². The van der Waals surface area contributed by atoms with Crippen molar-refractivity contribution in [2.75, 3.05) is 6.61 Å². The van der Waals surface area contributed by atoms with Crippen LogP contribution in [0.5, 0.6) is 0 Å². The number of ether oxygens (including phenoxy) is 1. The highest BCUT2D eigenvalue weighted by atomic mass is 32.2. The van der Waals surface area contributed by atoms with Crippen molar-refractivity contribution in [2.45, 2.75) is 58.8 Å². The van der Waals surface area contributed by atoms with E-state index in [1.807, 2.05) is 32.2 Å². The zero-order chi connectivity index (χ0) is 20.2. The fraction of sp³-hybridized carbons (Fsp3) is 0.500. The molecule has 1 aromatic carbocycles. The summed E-state index contributed by atoms with van der Waals surface area (Å²) in [4.78, 5) is 16.8. The third kappa shape index (κ3) is 5.70. The largest absolute Gasteiger partial charge is 0.466 e. The topological polar surface area (TPSA) is 68.3 Å². The monoisotopic (exact) mass is 408 g/mol. The molecule has 0 bridgehead atoms. The molecule has 7 heteroatoms. The van der Waals surface area contributed by atoms with Crippen LogP contribution in [0.15, 0.2) is 23.6 Å². The molecule has 0 aliphatic carbocycles. The molecule has 1 heterocycles. The van der Waals surface area contributed by atoms with Crippen LogP contribution in [0.4, 0.5) is 0 Å². The number of hydrogen-bond donors (Lipinski definition) is 1. The molecule has 2 atom stereocenters. The quantitative estimate of drug-likeness (QED) is 0.686. The number of carbonyl (C=O) groups excluding carboxylic acids is 1. The number of hydrogen-bond acceptors (Lipinski definition) is 5. The minimum absolute atomic E-state index is 0.0889. The third-order valence-electron chi connectivity index (χ3n) is 4.06. The molecular weight excluding hydrogens is 380 g/mol. The molecule has 148 valence electrons. The van der Waals surface area contributed by atoms with Gasteiger partial charge in [0.1, 0.15) is 5.01 Å². The summed E-state index contributed by atoms with van der Waals surface area (Å²) >= 11 is 1.53. The maximum absolute atomic E-state index is 12.6. The first-order valence-corrected chi connectivity index (χ1v) is 11.0. The standard InChI is InChI=1S/C20H28N2O3S2/c1-7-25-17(23)11-15(22-27(24)20(4,5)6)16-12-26-19(21-16)18-13(2)9-8-10-14(18)3/h8-10,12,15,22H,7,11H2,1-6H3/t15-,27?/m1/s1. The van der Waals surface area contributed by atoms with Gasteiger partial charge >= 0.3 is 5.97 Å². The maximum atomic E-state index is 12.6. The number of aryl methyl sites for hydroxylation is 2. The summed E-state index contributed by atoms with van der Waals surface area (Å²) in [7, 11) is -1.33. The van der Waals surface area contributed by atoms with E-state index in [1.165, 1.54) is 11.3 Å². The fourth-order valence-electron chi connectivity index (χ4n) is 2.61. The van der Waals surface area contributed by atoms with E-state index in [4.69, 9.17) is 9.72 Å². The second-order valence-corrected chi connectivity index (χ2v) is 10.3. The van der Waals surface area contributed by atoms with Gasteiger partial charge in [0, 0.05) is 10.9 Å². The van der Waals surface area contributed by atoms with Gasteiger partial charge in [0.05, 0.1) is 40.5 Å². The van der Waals surface area contributed by atoms with E-state index in [0.717, 1.165) is 21.7 Å². The Hall–Kier alpha value is -1.57. The minimum atomic E-state index is -1.33. The van der Waals surface area contributed by atoms with E-state index >= 15 is 0 Å². The molecule has 0 spiro atoms. The molecule has 27 heavy (non-hydrogen) atoms. The summed E-state index contributed by atoms with van der Waals surface area (Å²) in [5, 5.41) is 2.83. The predicted octanol–water partition coefficient (Wildman–Crippen LogP) is 4.47. The van der Waals surface area contributed by atoms with Crippen molar-refractivity contribution in [1.82, 2.24) is 9.71 Å². The second kappa shape index (κ2) is 9.08. The average molecular weight is 409 g/mol. The zero-order valence-corrected chi connectivity index (χ0v) is 18.4. The number of nitrogens with one attached hydrogen (secondary N) is 1. The summed E-state index contributed by atoms with van der Waals surface area (Å²) < 4.78 is 20.3. The Morgan fingerprint density at radius 3 is 2.48 bits per heavy atom. The molecule has 1 N–H and O–H groups in total. The van der Waals surface area contributed by atoms with Crippen LogP contribution in [-0.2, 0) is 20.5 Å². The van der Waals surface area contributed by atoms with E-state index in [2.05, 4.69) is 30.7 Å². The van der Waals surface area contributed by atoms with Crippen LogP contribution in [0.1, 0.15) is 57.0 Å². The molecule has 0 amide bonds. The molecule has 0 saturated carbocycles. The first kappa shape index (κ1) is 21.7. The van der Waals surface area contributed by atoms with Crippen LogP contribution in [-0.4, -0.2) is 26.5 Å². The van der Waals surface area contributed by atoms with Gasteiger partial charge in [0.2, 0.25) is 0 Å². The van der Waals surface area contributed by atoms with E-state index in [9.17, 15) is 9.00 Å². The van der Waals surface area contributed by atoms with Crippen LogP contribution in [0.2, 0.25) is 0 Å². The number of nitrogens with zero attached hydrogens (tertiary/aromatic N) is 1. The first-order chi connectivity index (χ1) is 12.6. The third-order valence-corrected chi connectivity index (χ3v) is 6.54. The molecule has 0 radical (unpaired) electrons. The smallest absolute Gasteiger partial charge is 0.307 e. The fourth-order valence-corrected chi connectivity index (χ4v) is 4.48. The lowest BCUT2D eigenvalue weighted by Crippen LogP contribution is -2.36. The SMILES string of the molecule is CCOC(=O)C[C@@H](NS(=O)C(C)(C)C)c1csc(-c2c(C)cccc2C)n1. The predicted molar refractivity (Wildman–Crippen MR) is 112 cm³/mol. The average Bonchev–Trinajstić information content (AvgIpc) is 3.03. The van der Waals surface area contributed by atoms with Crippen molar-refractivity contribution in [2.24, 2.45) is 0 Å². The lowest BCUT2D eigenvalue weighted by Gasteiger charge is -2.23. The number of thiazole rings is 1. The number of rotatable bonds is 7. The zero-order valence-electron chi connectivity index (χ0n) is 16.8. The molecule has 1 aromatic heterocycles. The molecule has 0 aliphatic rings. The lowest BCUT2D eigenvalue weighted by molar-refractivity contribution is -0.143. The molecule has 1 unspecified atom stereocenters. The Morgan fingerprint density at radius 2 is 1.93 bits per heavy atom. The van der Waals surface area contributed by atoms with Crippen molar-refractivity contribution in [3.8, 4) is 10.6 Å². The van der Waals surface area contributed by atoms with E-state index in [1.54, 1.807) is 6.92 Å². The highest BCUT2D eigenvalue weighted by Gasteiger charge is 2.27. The highest BCUT2D eigenvalue weighted by molar-refractivity contribution is 7.84. The van der Waals surface area contributed by atoms with Gasteiger partial charge in [-0.05, 0) is 52.7 Å². The van der Waals surface area contributed by atoms with Gasteiger partial charge in [0.25, 0.3) is 0 Å². The number of aromatic nitrogens is 1. The Bertz CT molecular complexity index is 805. The first-order valence-electron chi connectivity index (χ1n) is 8.99. The highest BCUT2D eigenvalue weighted by Crippen LogP contribution is 2.32. The second-order valence-electron chi connectivity index (χ2n) is 7.41. The summed E-state index contributed by atoms with van der Waals surface area (Å²) in [6, 6.07) is 5.69. The van der Waals surface area contributed by atoms with Crippen molar-refractivity contribution in [1.29, 1.82) is 0 Å². The van der Waals surface area contributed by atoms with Gasteiger partial charge in [-0.15, -0.1) is 11.3 Å². The van der Waals surface area contributed by atoms with Gasteiger partial charge in [-0.25, -0.2) is 13.9 Å². The minimum Gasteiger partial charge on any atom is -0.466 e. The van der Waals surface area contributed by atoms with Crippen LogP contribution in [0.3, 0.4) is 0 Å². The summed E-state index contributed by atoms with van der Waals surface area (Å²) in [6.07, 6.45) is 0.0889. The number of esters is 1. The molecule has 0 aliphatic heterocycles. The lowest BCUT2D eigenvalue weighted by atomic mass is 10.0. The number of benzene rings is 1. The van der Waals surface area contributed by atoms with Gasteiger partial charge in [-0.3, -0.25) is 4.79 Å². The Labute approximate surface area is 168 Å². The van der Waals surface area contributed by atoms with Gasteiger partial charge < -0.3 is 4.74 Å². The van der Waals surface area contributed by atoms with Gasteiger partial charge in [0.15, 0.2) is 0 Å². The molecule has 0 saturated heterocycles. The van der Waals surface area contributed by atoms with Crippen molar-refractivity contribution >= 4 is 28.3 Å². The van der Waals surface area contributed by atoms with Gasteiger partial charge in [-0.1, -0.05) is 18.2 Å². The Kier molecular flexibility index (Phi) is 7.31. The molecule has 5 nitrogen and oxygen atoms in total. The summed E-state index contributed by atoms with van der Waals surface area (Å²) in [5.74, 6) is -0.331. The van der Waals surface area contributed by atoms with Gasteiger partial charge in [-0.2, -0.15) is 0 Å². The van der Waals surface area contributed by atoms with Crippen LogP contribution < -0.4 is 4.72 Å². The van der Waals surface area contributed by atoms with Crippen LogP contribution in [0, 0.1) is 13.8 Å². The van der Waals surface area contributed by atoms with E-state index < -0.39 is 21.8 Å². The number of carbonyl (C=O) groups is 1. The summed E-state index contributed by atoms with van der Waals surface area (Å²) in [5.41, 5.74) is 4.14. The molecular formula is C20H28N2O3S2. The molecule has 0 fully saturated rings. The maximum Gasteiger partial charge on any atom is 0.307 e. The molecule has 2 aromatic rings. The Morgan fingerprint density at radius 1 is 1.30 bits per heavy atom. The van der Waals surface area contributed by atoms with Crippen molar-refractivity contribution in [3.63, 3.8) is 0 Å². The van der Waals surface area contributed by atoms with Crippen molar-refractivity contribution < 1.29 is 13.7 Å². The molecule has 2 rings (SSSR count). The summed E-state index contributed by atoms with van der Waals surface area (Å²) in [6.45, 7) is 11.9. The van der Waals surface area contributed by atoms with E-state index in [-0.39, 0.29) is 12.4 Å². The van der Waals surface area contributed by atoms with E-state index in [0.29, 0.717) is 12.3 Å². The Balaban J connectivity index is 2.34.